The number of carbonyl (C=O) groups is 3. The summed E-state index contributed by atoms with van der Waals surface area (Å²) >= 11 is 0. The Kier molecular flexibility index (Phi) is 6.06. The van der Waals surface area contributed by atoms with Crippen LogP contribution in [0, 0.1) is 11.8 Å². The normalized spacial score (nSPS) is 24.6. The Morgan fingerprint density at radius 2 is 1.92 bits per heavy atom. The molecular formula is C27H30N4O8. The Labute approximate surface area is 223 Å². The predicted octanol–water partition coefficient (Wildman–Crippen LogP) is 2.32. The van der Waals surface area contributed by atoms with E-state index in [1.807, 2.05) is 18.7 Å². The number of Topliss-reactive ketones (excluding diaryl/α,β-unsaturated/α-hetero) is 2. The summed E-state index contributed by atoms with van der Waals surface area (Å²) in [5, 5.41) is 38.0. The fourth-order valence-electron chi connectivity index (χ4n) is 6.15. The van der Waals surface area contributed by atoms with Crippen LogP contribution in [-0.4, -0.2) is 69.7 Å². The van der Waals surface area contributed by atoms with Crippen LogP contribution in [0.2, 0.25) is 0 Å². The highest BCUT2D eigenvalue weighted by molar-refractivity contribution is 6.23. The zero-order valence-electron chi connectivity index (χ0n) is 22.2. The smallest absolute Gasteiger partial charge is 0.261 e. The molecule has 0 spiro atoms. The van der Waals surface area contributed by atoms with Crippen molar-refractivity contribution < 1.29 is 39.0 Å². The molecule has 12 heteroatoms. The number of rotatable bonds is 5. The highest BCUT2D eigenvalue weighted by Crippen LogP contribution is 2.55. The number of ether oxygens (including phenoxy) is 1. The Hall–Kier alpha value is -4.19. The summed E-state index contributed by atoms with van der Waals surface area (Å²) in [6, 6.07) is 1.69. The standard InChI is InChI=1S/C27H30N4O8/c1-10(2)25-29-26(39-30-25)14-9-15(31(3)4)13-7-11-6-12-8-16(32)19(24(28)37)23(36)27(12,38-5)22(35)17(11)21(34)18(13)20(14)33/h9-12,33-34,36H,6-8H2,1-5H3,(H2,28,37)/t11-,12+,27+/m1/s1. The second kappa shape index (κ2) is 8.94. The zero-order valence-corrected chi connectivity index (χ0v) is 22.2. The lowest BCUT2D eigenvalue weighted by Crippen LogP contribution is -2.59. The third kappa shape index (κ3) is 3.58. The monoisotopic (exact) mass is 538 g/mol. The summed E-state index contributed by atoms with van der Waals surface area (Å²) in [6.45, 7) is 3.78. The minimum Gasteiger partial charge on any atom is -0.508 e. The lowest BCUT2D eigenvalue weighted by Gasteiger charge is -2.48. The van der Waals surface area contributed by atoms with Gasteiger partial charge in [-0.2, -0.15) is 4.98 Å². The highest BCUT2D eigenvalue weighted by Gasteiger charge is 2.61. The second-order valence-corrected chi connectivity index (χ2v) is 10.7. The van der Waals surface area contributed by atoms with Crippen molar-refractivity contribution >= 4 is 28.9 Å². The van der Waals surface area contributed by atoms with Crippen LogP contribution in [0.4, 0.5) is 5.69 Å². The number of nitrogens with two attached hydrogens (primary N) is 1. The number of ketones is 2. The molecule has 1 fully saturated rings. The van der Waals surface area contributed by atoms with E-state index in [4.69, 9.17) is 15.0 Å². The number of methoxy groups -OCH3 is 1. The zero-order chi connectivity index (χ0) is 28.5. The molecule has 5 rings (SSSR count). The number of aromatic hydroxyl groups is 1. The van der Waals surface area contributed by atoms with E-state index >= 15 is 0 Å². The number of amides is 1. The first-order chi connectivity index (χ1) is 18.3. The summed E-state index contributed by atoms with van der Waals surface area (Å²) in [7, 11) is 4.79. The van der Waals surface area contributed by atoms with Crippen LogP contribution in [0.3, 0.4) is 0 Å². The molecule has 0 unspecified atom stereocenters. The number of aromatic nitrogens is 2. The van der Waals surface area contributed by atoms with Crippen LogP contribution in [-0.2, 0) is 25.5 Å². The van der Waals surface area contributed by atoms with Crippen molar-refractivity contribution in [3.05, 3.63) is 39.9 Å². The molecule has 1 amide bonds. The van der Waals surface area contributed by atoms with Crippen molar-refractivity contribution in [2.75, 3.05) is 26.1 Å². The molecule has 5 N–H and O–H groups in total. The summed E-state index contributed by atoms with van der Waals surface area (Å²) in [5.41, 5.74) is 3.95. The predicted molar refractivity (Wildman–Crippen MR) is 138 cm³/mol. The van der Waals surface area contributed by atoms with Gasteiger partial charge < -0.3 is 35.2 Å². The number of fused-ring (bicyclic) bond motifs is 3. The minimum atomic E-state index is -2.08. The number of primary amides is 1. The number of carbonyl (C=O) groups excluding carboxylic acids is 3. The van der Waals surface area contributed by atoms with Crippen molar-refractivity contribution in [3.8, 4) is 17.2 Å². The molecule has 206 valence electrons. The van der Waals surface area contributed by atoms with Crippen LogP contribution in [0.5, 0.6) is 5.75 Å². The van der Waals surface area contributed by atoms with Gasteiger partial charge in [-0.05, 0) is 30.4 Å². The maximum Gasteiger partial charge on any atom is 0.261 e. The van der Waals surface area contributed by atoms with E-state index in [0.717, 1.165) is 0 Å². The van der Waals surface area contributed by atoms with Gasteiger partial charge in [-0.25, -0.2) is 0 Å². The minimum absolute atomic E-state index is 0.0234. The molecule has 0 aliphatic heterocycles. The van der Waals surface area contributed by atoms with Crippen LogP contribution < -0.4 is 10.6 Å². The third-order valence-corrected chi connectivity index (χ3v) is 8.00. The molecule has 12 nitrogen and oxygen atoms in total. The van der Waals surface area contributed by atoms with E-state index in [0.29, 0.717) is 17.1 Å². The van der Waals surface area contributed by atoms with Gasteiger partial charge in [-0.3, -0.25) is 14.4 Å². The van der Waals surface area contributed by atoms with Crippen molar-refractivity contribution in [3.63, 3.8) is 0 Å². The largest absolute Gasteiger partial charge is 0.508 e. The van der Waals surface area contributed by atoms with Gasteiger partial charge >= 0.3 is 0 Å². The van der Waals surface area contributed by atoms with Gasteiger partial charge in [0.15, 0.2) is 17.2 Å². The highest BCUT2D eigenvalue weighted by atomic mass is 16.5. The second-order valence-electron chi connectivity index (χ2n) is 10.7. The van der Waals surface area contributed by atoms with Crippen LogP contribution in [0.25, 0.3) is 17.2 Å². The number of benzene rings is 1. The summed E-state index contributed by atoms with van der Waals surface area (Å²) in [5.74, 6) is -5.23. The average Bonchev–Trinajstić information content (AvgIpc) is 3.34. The van der Waals surface area contributed by atoms with E-state index in [-0.39, 0.29) is 53.5 Å². The van der Waals surface area contributed by atoms with E-state index in [9.17, 15) is 29.7 Å². The van der Waals surface area contributed by atoms with Crippen molar-refractivity contribution in [1.82, 2.24) is 10.1 Å². The molecule has 39 heavy (non-hydrogen) atoms. The van der Waals surface area contributed by atoms with E-state index in [1.54, 1.807) is 20.2 Å². The number of aliphatic hydroxyl groups excluding tert-OH is 2. The van der Waals surface area contributed by atoms with E-state index < -0.39 is 52.0 Å². The Morgan fingerprint density at radius 3 is 2.49 bits per heavy atom. The van der Waals surface area contributed by atoms with E-state index in [2.05, 4.69) is 10.1 Å². The number of phenolic OH excluding ortho intramolecular Hbond substituents is 1. The average molecular weight is 539 g/mol. The maximum atomic E-state index is 14.1. The molecule has 0 saturated heterocycles. The van der Waals surface area contributed by atoms with Crippen LogP contribution >= 0.6 is 0 Å². The summed E-state index contributed by atoms with van der Waals surface area (Å²) < 4.78 is 11.0. The third-order valence-electron chi connectivity index (χ3n) is 8.00. The van der Waals surface area contributed by atoms with Crippen LogP contribution in [0.15, 0.2) is 27.5 Å². The molecule has 0 radical (unpaired) electrons. The number of nitrogens with zero attached hydrogens (tertiary/aromatic N) is 3. The first-order valence-electron chi connectivity index (χ1n) is 12.5. The molecule has 1 aromatic carbocycles. The van der Waals surface area contributed by atoms with Gasteiger partial charge in [-0.15, -0.1) is 0 Å². The fraction of sp³-hybridized carbons (Fsp3) is 0.444. The molecule has 3 aliphatic carbocycles. The molecule has 2 aromatic rings. The number of phenols is 1. The van der Waals surface area contributed by atoms with Gasteiger partial charge in [0.05, 0.1) is 11.1 Å². The van der Waals surface area contributed by atoms with Crippen molar-refractivity contribution in [2.45, 2.75) is 44.6 Å². The van der Waals surface area contributed by atoms with Gasteiger partial charge in [-0.1, -0.05) is 19.0 Å². The molecule has 3 atom stereocenters. The lowest BCUT2D eigenvalue weighted by atomic mass is 9.59. The number of hydrogen-bond acceptors (Lipinski definition) is 11. The quantitative estimate of drug-likeness (QED) is 0.409. The van der Waals surface area contributed by atoms with Gasteiger partial charge in [0.2, 0.25) is 5.78 Å². The molecule has 1 heterocycles. The van der Waals surface area contributed by atoms with Crippen molar-refractivity contribution in [2.24, 2.45) is 17.6 Å². The molecule has 1 saturated carbocycles. The Morgan fingerprint density at radius 1 is 1.23 bits per heavy atom. The van der Waals surface area contributed by atoms with Gasteiger partial charge in [0, 0.05) is 50.7 Å². The fourth-order valence-corrected chi connectivity index (χ4v) is 6.15. The maximum absolute atomic E-state index is 14.1. The SMILES string of the molecule is CO[C@]12C(=O)C3=C(O)c4c(O)c(-c5nc(C(C)C)no5)cc(N(C)C)c4C[C@H]3C[C@H]1CC(=O)C(C(N)=O)=C2O. The molecular weight excluding hydrogens is 508 g/mol. The number of anilines is 1. The number of hydrogen-bond donors (Lipinski definition) is 4. The van der Waals surface area contributed by atoms with Gasteiger partial charge in [0.25, 0.3) is 11.8 Å². The van der Waals surface area contributed by atoms with E-state index in [1.165, 1.54) is 7.11 Å². The first kappa shape index (κ1) is 26.4. The number of aliphatic hydroxyl groups is 2. The van der Waals surface area contributed by atoms with Crippen molar-refractivity contribution in [1.29, 1.82) is 0 Å². The molecule has 3 aliphatic rings. The lowest BCUT2D eigenvalue weighted by molar-refractivity contribution is -0.153. The molecule has 1 aromatic heterocycles. The summed E-state index contributed by atoms with van der Waals surface area (Å²) in [4.78, 5) is 44.9. The Bertz CT molecular complexity index is 1500. The molecule has 0 bridgehead atoms. The topological polar surface area (TPSA) is 189 Å². The van der Waals surface area contributed by atoms with Crippen LogP contribution in [0.1, 0.15) is 49.6 Å². The first-order valence-corrected chi connectivity index (χ1v) is 12.5. The summed E-state index contributed by atoms with van der Waals surface area (Å²) in [6.07, 6.45) is 0.205. The van der Waals surface area contributed by atoms with Gasteiger partial charge in [0.1, 0.15) is 22.8 Å². The Balaban J connectivity index is 1.75.